The van der Waals surface area contributed by atoms with Crippen molar-refractivity contribution in [3.8, 4) is 11.5 Å². The maximum atomic E-state index is 6.38. The van der Waals surface area contributed by atoms with Crippen molar-refractivity contribution in [2.24, 2.45) is 0 Å². The lowest BCUT2D eigenvalue weighted by molar-refractivity contribution is 0.354. The highest BCUT2D eigenvalue weighted by atomic mass is 35.5. The molecule has 0 spiro atoms. The molecule has 3 aromatic rings. The van der Waals surface area contributed by atoms with Crippen LogP contribution in [0.3, 0.4) is 0 Å². The van der Waals surface area contributed by atoms with Gasteiger partial charge in [-0.3, -0.25) is 0 Å². The zero-order valence-electron chi connectivity index (χ0n) is 14.5. The van der Waals surface area contributed by atoms with Gasteiger partial charge < -0.3 is 14.8 Å². The second-order valence-electron chi connectivity index (χ2n) is 5.84. The summed E-state index contributed by atoms with van der Waals surface area (Å²) in [4.78, 5) is 0. The van der Waals surface area contributed by atoms with Crippen molar-refractivity contribution < 1.29 is 9.47 Å². The fraction of sp³-hybridized carbons (Fsp3) is 0.167. The fourth-order valence-electron chi connectivity index (χ4n) is 2.99. The smallest absolute Gasteiger partial charge is 0.248 e. The Morgan fingerprint density at radius 3 is 2.59 bits per heavy atom. The Kier molecular flexibility index (Phi) is 4.63. The standard InChI is InChI=1S/C18H15Cl2N5O2/c1-26-16-6-3-10(7-17(16)27-2)15-9-14(21-18-22-23-24-25(15)18)12-5-4-11(19)8-13(12)20/h3-9,15H,1-2H3,(H,21,22,24). The number of aromatic nitrogens is 4. The molecule has 2 aromatic carbocycles. The van der Waals surface area contributed by atoms with Gasteiger partial charge >= 0.3 is 0 Å². The summed E-state index contributed by atoms with van der Waals surface area (Å²) < 4.78 is 12.4. The minimum Gasteiger partial charge on any atom is -0.493 e. The summed E-state index contributed by atoms with van der Waals surface area (Å²) in [7, 11) is 3.20. The van der Waals surface area contributed by atoms with Crippen LogP contribution in [0.25, 0.3) is 5.70 Å². The summed E-state index contributed by atoms with van der Waals surface area (Å²) in [6.07, 6.45) is 2.00. The number of hydrogen-bond donors (Lipinski definition) is 1. The number of methoxy groups -OCH3 is 2. The lowest BCUT2D eigenvalue weighted by Crippen LogP contribution is -2.20. The van der Waals surface area contributed by atoms with Crippen LogP contribution >= 0.6 is 23.2 Å². The molecule has 1 unspecified atom stereocenters. The minimum absolute atomic E-state index is 0.252. The maximum Gasteiger partial charge on any atom is 0.248 e. The largest absolute Gasteiger partial charge is 0.493 e. The Morgan fingerprint density at radius 1 is 1.04 bits per heavy atom. The van der Waals surface area contributed by atoms with E-state index in [4.69, 9.17) is 32.7 Å². The molecule has 27 heavy (non-hydrogen) atoms. The third-order valence-electron chi connectivity index (χ3n) is 4.30. The van der Waals surface area contributed by atoms with E-state index in [2.05, 4.69) is 20.8 Å². The first-order valence-corrected chi connectivity index (χ1v) is 8.80. The van der Waals surface area contributed by atoms with Gasteiger partial charge in [0.05, 0.1) is 19.2 Å². The van der Waals surface area contributed by atoms with Gasteiger partial charge in [0.1, 0.15) is 6.04 Å². The van der Waals surface area contributed by atoms with Crippen LogP contribution in [0.15, 0.2) is 42.5 Å². The van der Waals surface area contributed by atoms with Crippen LogP contribution in [0, 0.1) is 0 Å². The van der Waals surface area contributed by atoms with E-state index in [-0.39, 0.29) is 6.04 Å². The van der Waals surface area contributed by atoms with E-state index in [1.165, 1.54) is 0 Å². The number of allylic oxidation sites excluding steroid dienone is 1. The number of halogens is 2. The molecule has 1 aliphatic rings. The second-order valence-corrected chi connectivity index (χ2v) is 6.68. The van der Waals surface area contributed by atoms with Crippen LogP contribution in [0.2, 0.25) is 10.0 Å². The molecule has 0 saturated heterocycles. The van der Waals surface area contributed by atoms with Crippen LogP contribution in [-0.2, 0) is 0 Å². The number of rotatable bonds is 4. The highest BCUT2D eigenvalue weighted by molar-refractivity contribution is 6.35. The topological polar surface area (TPSA) is 74.1 Å². The van der Waals surface area contributed by atoms with E-state index < -0.39 is 0 Å². The molecule has 0 aliphatic carbocycles. The number of nitrogens with zero attached hydrogens (tertiary/aromatic N) is 4. The molecule has 7 nitrogen and oxygen atoms in total. The van der Waals surface area contributed by atoms with Gasteiger partial charge in [-0.25, -0.2) is 0 Å². The quantitative estimate of drug-likeness (QED) is 0.707. The summed E-state index contributed by atoms with van der Waals surface area (Å²) in [5.41, 5.74) is 2.53. The first-order valence-electron chi connectivity index (χ1n) is 8.04. The van der Waals surface area contributed by atoms with Crippen molar-refractivity contribution in [3.05, 3.63) is 63.6 Å². The molecule has 138 valence electrons. The van der Waals surface area contributed by atoms with E-state index in [0.717, 1.165) is 16.8 Å². The van der Waals surface area contributed by atoms with Gasteiger partial charge in [-0.05, 0) is 52.4 Å². The molecule has 1 N–H and O–H groups in total. The highest BCUT2D eigenvalue weighted by Gasteiger charge is 2.26. The van der Waals surface area contributed by atoms with E-state index in [1.54, 1.807) is 31.0 Å². The van der Waals surface area contributed by atoms with Crippen molar-refractivity contribution in [3.63, 3.8) is 0 Å². The Hall–Kier alpha value is -2.77. The Bertz CT molecular complexity index is 1030. The van der Waals surface area contributed by atoms with E-state index >= 15 is 0 Å². The fourth-order valence-corrected chi connectivity index (χ4v) is 3.50. The Balaban J connectivity index is 1.82. The Labute approximate surface area is 165 Å². The average molecular weight is 404 g/mol. The molecular formula is C18H15Cl2N5O2. The number of anilines is 1. The predicted molar refractivity (Wildman–Crippen MR) is 104 cm³/mol. The molecule has 0 saturated carbocycles. The molecule has 1 aromatic heterocycles. The van der Waals surface area contributed by atoms with Crippen LogP contribution in [0.1, 0.15) is 17.2 Å². The molecule has 2 heterocycles. The lowest BCUT2D eigenvalue weighted by Gasteiger charge is -2.24. The summed E-state index contributed by atoms with van der Waals surface area (Å²) >= 11 is 12.4. The zero-order valence-corrected chi connectivity index (χ0v) is 16.0. The first kappa shape index (κ1) is 17.6. The molecular weight excluding hydrogens is 389 g/mol. The second kappa shape index (κ2) is 7.09. The van der Waals surface area contributed by atoms with Crippen LogP contribution in [-0.4, -0.2) is 34.4 Å². The van der Waals surface area contributed by atoms with Crippen LogP contribution in [0.5, 0.6) is 11.5 Å². The third kappa shape index (κ3) is 3.20. The minimum atomic E-state index is -0.252. The summed E-state index contributed by atoms with van der Waals surface area (Å²) in [6, 6.07) is 10.8. The SMILES string of the molecule is COc1ccc(C2C=C(c3ccc(Cl)cc3Cl)Nc3nnnn32)cc1OC. The van der Waals surface area contributed by atoms with Crippen LogP contribution in [0.4, 0.5) is 5.95 Å². The number of ether oxygens (including phenoxy) is 2. The number of benzene rings is 2. The van der Waals surface area contributed by atoms with Crippen molar-refractivity contribution in [1.82, 2.24) is 20.2 Å². The van der Waals surface area contributed by atoms with E-state index in [0.29, 0.717) is 27.5 Å². The molecule has 0 amide bonds. The van der Waals surface area contributed by atoms with Crippen molar-refractivity contribution in [1.29, 1.82) is 0 Å². The summed E-state index contributed by atoms with van der Waals surface area (Å²) in [5.74, 6) is 1.79. The summed E-state index contributed by atoms with van der Waals surface area (Å²) in [6.45, 7) is 0. The van der Waals surface area contributed by atoms with E-state index in [1.807, 2.05) is 30.3 Å². The first-order chi connectivity index (χ1) is 13.1. The molecule has 9 heteroatoms. The Morgan fingerprint density at radius 2 is 1.85 bits per heavy atom. The van der Waals surface area contributed by atoms with Gasteiger partial charge in [-0.2, -0.15) is 4.68 Å². The zero-order chi connectivity index (χ0) is 19.0. The monoisotopic (exact) mass is 403 g/mol. The molecule has 4 rings (SSSR count). The number of hydrogen-bond acceptors (Lipinski definition) is 6. The van der Waals surface area contributed by atoms with Gasteiger partial charge in [0.15, 0.2) is 11.5 Å². The predicted octanol–water partition coefficient (Wildman–Crippen LogP) is 4.05. The van der Waals surface area contributed by atoms with Crippen molar-refractivity contribution >= 4 is 34.8 Å². The van der Waals surface area contributed by atoms with Gasteiger partial charge in [0, 0.05) is 16.3 Å². The van der Waals surface area contributed by atoms with Crippen molar-refractivity contribution in [2.75, 3.05) is 19.5 Å². The molecule has 0 bridgehead atoms. The van der Waals surface area contributed by atoms with Gasteiger partial charge in [0.2, 0.25) is 5.95 Å². The average Bonchev–Trinajstić information content (AvgIpc) is 3.15. The summed E-state index contributed by atoms with van der Waals surface area (Å²) in [5, 5.41) is 16.2. The maximum absolute atomic E-state index is 6.38. The lowest BCUT2D eigenvalue weighted by atomic mass is 10.0. The third-order valence-corrected chi connectivity index (χ3v) is 4.85. The van der Waals surface area contributed by atoms with E-state index in [9.17, 15) is 0 Å². The number of nitrogens with one attached hydrogen (secondary N) is 1. The molecule has 0 fully saturated rings. The van der Waals surface area contributed by atoms with Gasteiger partial charge in [-0.1, -0.05) is 34.4 Å². The highest BCUT2D eigenvalue weighted by Crippen LogP contribution is 2.37. The van der Waals surface area contributed by atoms with Crippen LogP contribution < -0.4 is 14.8 Å². The number of tetrazole rings is 1. The van der Waals surface area contributed by atoms with Gasteiger partial charge in [-0.15, -0.1) is 0 Å². The van der Waals surface area contributed by atoms with Crippen molar-refractivity contribution in [2.45, 2.75) is 6.04 Å². The molecule has 0 radical (unpaired) electrons. The molecule has 1 atom stereocenters. The normalized spacial score (nSPS) is 15.6. The number of fused-ring (bicyclic) bond motifs is 1. The van der Waals surface area contributed by atoms with Gasteiger partial charge in [0.25, 0.3) is 0 Å². The molecule has 1 aliphatic heterocycles.